The fourth-order valence-corrected chi connectivity index (χ4v) is 2.79. The number of nitrogens with zero attached hydrogens (tertiary/aromatic N) is 4. The summed E-state index contributed by atoms with van der Waals surface area (Å²) in [6.45, 7) is 3.88. The highest BCUT2D eigenvalue weighted by Gasteiger charge is 2.18. The maximum atomic E-state index is 9.59. The van der Waals surface area contributed by atoms with Crippen LogP contribution >= 0.6 is 0 Å². The second kappa shape index (κ2) is 6.90. The molecule has 1 unspecified atom stereocenters. The molecule has 0 amide bonds. The Morgan fingerprint density at radius 1 is 1.04 bits per heavy atom. The molecule has 0 saturated heterocycles. The Kier molecular flexibility index (Phi) is 4.50. The Labute approximate surface area is 146 Å². The monoisotopic (exact) mass is 327 g/mol. The first-order chi connectivity index (χ1) is 12.1. The topological polar surface area (TPSA) is 77.4 Å². The van der Waals surface area contributed by atoms with E-state index in [2.05, 4.69) is 22.6 Å². The van der Waals surface area contributed by atoms with Gasteiger partial charge in [-0.2, -0.15) is 15.6 Å². The highest BCUT2D eigenvalue weighted by molar-refractivity contribution is 5.57. The molecule has 0 spiro atoms. The molecule has 3 aromatic rings. The van der Waals surface area contributed by atoms with Gasteiger partial charge in [-0.15, -0.1) is 0 Å². The molecule has 5 heteroatoms. The Hall–Kier alpha value is -3.57. The Morgan fingerprint density at radius 2 is 1.80 bits per heavy atom. The van der Waals surface area contributed by atoms with Crippen LogP contribution in [-0.2, 0) is 0 Å². The van der Waals surface area contributed by atoms with E-state index in [1.165, 1.54) is 0 Å². The third-order valence-electron chi connectivity index (χ3n) is 4.06. The molecular weight excluding hydrogens is 310 g/mol. The van der Waals surface area contributed by atoms with Gasteiger partial charge in [-0.3, -0.25) is 0 Å². The lowest BCUT2D eigenvalue weighted by molar-refractivity contribution is 0.833. The minimum Gasteiger partial charge on any atom is -0.363 e. The first-order valence-corrected chi connectivity index (χ1v) is 7.92. The van der Waals surface area contributed by atoms with Crippen LogP contribution in [0.1, 0.15) is 28.6 Å². The quantitative estimate of drug-likeness (QED) is 0.784. The van der Waals surface area contributed by atoms with Crippen LogP contribution in [0.2, 0.25) is 0 Å². The standard InChI is InChI=1S/C20H17N5/c1-14-20(15(2)25(24-14)18-9-4-3-5-10-18)23-19(13-22)17-8-6-7-16(11-17)12-21/h3-11,19,23H,1-2H3. The Bertz CT molecular complexity index is 974. The molecule has 1 heterocycles. The molecule has 25 heavy (non-hydrogen) atoms. The maximum Gasteiger partial charge on any atom is 0.140 e. The van der Waals surface area contributed by atoms with E-state index in [1.54, 1.807) is 18.2 Å². The van der Waals surface area contributed by atoms with Crippen LogP contribution in [0.5, 0.6) is 0 Å². The largest absolute Gasteiger partial charge is 0.363 e. The highest BCUT2D eigenvalue weighted by Crippen LogP contribution is 2.27. The number of aryl methyl sites for hydroxylation is 1. The molecule has 1 aromatic heterocycles. The third kappa shape index (κ3) is 3.22. The van der Waals surface area contributed by atoms with Gasteiger partial charge in [0, 0.05) is 0 Å². The van der Waals surface area contributed by atoms with Crippen LogP contribution in [0.4, 0.5) is 5.69 Å². The lowest BCUT2D eigenvalue weighted by Gasteiger charge is -2.14. The molecule has 3 rings (SSSR count). The molecule has 1 N–H and O–H groups in total. The second-order valence-electron chi connectivity index (χ2n) is 5.74. The van der Waals surface area contributed by atoms with E-state index in [9.17, 15) is 5.26 Å². The summed E-state index contributed by atoms with van der Waals surface area (Å²) < 4.78 is 1.86. The molecule has 5 nitrogen and oxygen atoms in total. The van der Waals surface area contributed by atoms with E-state index in [0.29, 0.717) is 5.56 Å². The van der Waals surface area contributed by atoms with E-state index >= 15 is 0 Å². The van der Waals surface area contributed by atoms with Gasteiger partial charge in [-0.1, -0.05) is 30.3 Å². The van der Waals surface area contributed by atoms with Gasteiger partial charge < -0.3 is 5.32 Å². The van der Waals surface area contributed by atoms with Crippen molar-refractivity contribution in [2.75, 3.05) is 5.32 Å². The summed E-state index contributed by atoms with van der Waals surface area (Å²) in [5.74, 6) is 0. The molecule has 0 aliphatic carbocycles. The number of anilines is 1. The number of para-hydroxylation sites is 1. The summed E-state index contributed by atoms with van der Waals surface area (Å²) in [6, 6.07) is 20.8. The van der Waals surface area contributed by atoms with Gasteiger partial charge in [0.2, 0.25) is 0 Å². The van der Waals surface area contributed by atoms with E-state index in [0.717, 1.165) is 28.3 Å². The number of aromatic nitrogens is 2. The van der Waals surface area contributed by atoms with Crippen LogP contribution in [0, 0.1) is 36.5 Å². The Morgan fingerprint density at radius 3 is 2.48 bits per heavy atom. The molecule has 2 aromatic carbocycles. The van der Waals surface area contributed by atoms with E-state index in [4.69, 9.17) is 5.26 Å². The van der Waals surface area contributed by atoms with Gasteiger partial charge in [0.25, 0.3) is 0 Å². The molecular formula is C20H17N5. The van der Waals surface area contributed by atoms with Crippen molar-refractivity contribution in [2.45, 2.75) is 19.9 Å². The lowest BCUT2D eigenvalue weighted by Crippen LogP contribution is -2.10. The zero-order valence-electron chi connectivity index (χ0n) is 14.1. The summed E-state index contributed by atoms with van der Waals surface area (Å²) in [4.78, 5) is 0. The van der Waals surface area contributed by atoms with Crippen LogP contribution in [0.3, 0.4) is 0 Å². The number of rotatable bonds is 4. The minimum atomic E-state index is -0.556. The molecule has 0 saturated carbocycles. The van der Waals surface area contributed by atoms with E-state index in [1.807, 2.05) is 54.9 Å². The predicted octanol–water partition coefficient (Wildman–Crippen LogP) is 4.04. The van der Waals surface area contributed by atoms with Crippen molar-refractivity contribution >= 4 is 5.69 Å². The molecule has 0 bridgehead atoms. The number of hydrogen-bond acceptors (Lipinski definition) is 4. The van der Waals surface area contributed by atoms with Crippen LogP contribution in [0.15, 0.2) is 54.6 Å². The van der Waals surface area contributed by atoms with Crippen molar-refractivity contribution in [1.82, 2.24) is 9.78 Å². The number of hydrogen-bond donors (Lipinski definition) is 1. The minimum absolute atomic E-state index is 0.535. The van der Waals surface area contributed by atoms with Crippen molar-refractivity contribution in [1.29, 1.82) is 10.5 Å². The third-order valence-corrected chi connectivity index (χ3v) is 4.06. The fourth-order valence-electron chi connectivity index (χ4n) is 2.79. The van der Waals surface area contributed by atoms with Crippen LogP contribution in [-0.4, -0.2) is 9.78 Å². The van der Waals surface area contributed by atoms with Gasteiger partial charge in [-0.05, 0) is 43.7 Å². The second-order valence-corrected chi connectivity index (χ2v) is 5.74. The van der Waals surface area contributed by atoms with Gasteiger partial charge in [-0.25, -0.2) is 4.68 Å². The van der Waals surface area contributed by atoms with Gasteiger partial charge in [0.15, 0.2) is 0 Å². The summed E-state index contributed by atoms with van der Waals surface area (Å²) in [6.07, 6.45) is 0. The van der Waals surface area contributed by atoms with Crippen molar-refractivity contribution in [3.8, 4) is 17.8 Å². The summed E-state index contributed by atoms with van der Waals surface area (Å²) in [5.41, 5.74) is 4.84. The first-order valence-electron chi connectivity index (χ1n) is 7.92. The van der Waals surface area contributed by atoms with Gasteiger partial charge in [0.1, 0.15) is 6.04 Å². The van der Waals surface area contributed by atoms with Gasteiger partial charge in [0.05, 0.1) is 40.5 Å². The molecule has 122 valence electrons. The average molecular weight is 327 g/mol. The normalized spacial score (nSPS) is 11.4. The molecule has 0 aliphatic rings. The van der Waals surface area contributed by atoms with Crippen LogP contribution < -0.4 is 5.32 Å². The zero-order chi connectivity index (χ0) is 17.8. The van der Waals surface area contributed by atoms with E-state index in [-0.39, 0.29) is 0 Å². The maximum absolute atomic E-state index is 9.59. The van der Waals surface area contributed by atoms with Crippen molar-refractivity contribution in [3.63, 3.8) is 0 Å². The van der Waals surface area contributed by atoms with Crippen molar-refractivity contribution in [2.24, 2.45) is 0 Å². The smallest absolute Gasteiger partial charge is 0.140 e. The fraction of sp³-hybridized carbons (Fsp3) is 0.150. The number of benzene rings is 2. The average Bonchev–Trinajstić information content (AvgIpc) is 2.94. The van der Waals surface area contributed by atoms with Gasteiger partial charge >= 0.3 is 0 Å². The summed E-state index contributed by atoms with van der Waals surface area (Å²) in [7, 11) is 0. The first kappa shape index (κ1) is 16.3. The molecule has 0 radical (unpaired) electrons. The zero-order valence-corrected chi connectivity index (χ0v) is 14.1. The highest BCUT2D eigenvalue weighted by atomic mass is 15.3. The summed E-state index contributed by atoms with van der Waals surface area (Å²) >= 11 is 0. The Balaban J connectivity index is 1.96. The number of nitrogens with one attached hydrogen (secondary N) is 1. The van der Waals surface area contributed by atoms with Crippen molar-refractivity contribution in [3.05, 3.63) is 77.1 Å². The summed E-state index contributed by atoms with van der Waals surface area (Å²) in [5, 5.41) is 26.5. The molecule has 0 aliphatic heterocycles. The molecule has 0 fully saturated rings. The number of nitriles is 2. The van der Waals surface area contributed by atoms with Crippen LogP contribution in [0.25, 0.3) is 5.69 Å². The van der Waals surface area contributed by atoms with E-state index < -0.39 is 6.04 Å². The van der Waals surface area contributed by atoms with Crippen molar-refractivity contribution < 1.29 is 0 Å². The lowest BCUT2D eigenvalue weighted by atomic mass is 10.0. The molecule has 1 atom stereocenters. The SMILES string of the molecule is Cc1nn(-c2ccccc2)c(C)c1NC(C#N)c1cccc(C#N)c1. The predicted molar refractivity (Wildman–Crippen MR) is 96.2 cm³/mol.